The van der Waals surface area contributed by atoms with Crippen LogP contribution in [0, 0.1) is 0 Å². The van der Waals surface area contributed by atoms with E-state index in [1.54, 1.807) is 11.8 Å². The number of hydrogen-bond donors (Lipinski definition) is 1. The second kappa shape index (κ2) is 8.42. The van der Waals surface area contributed by atoms with E-state index in [1.165, 1.54) is 7.11 Å². The summed E-state index contributed by atoms with van der Waals surface area (Å²) in [6, 6.07) is 19.0. The van der Waals surface area contributed by atoms with E-state index in [2.05, 4.69) is 0 Å². The molecule has 1 N–H and O–H groups in total. The van der Waals surface area contributed by atoms with Gasteiger partial charge in [0.1, 0.15) is 0 Å². The van der Waals surface area contributed by atoms with Gasteiger partial charge in [0.15, 0.2) is 11.3 Å². The highest BCUT2D eigenvalue weighted by atomic mass is 16.7. The number of carbonyl (C=O) groups is 2. The van der Waals surface area contributed by atoms with E-state index in [-0.39, 0.29) is 26.1 Å². The molecule has 2 aliphatic rings. The first-order valence-corrected chi connectivity index (χ1v) is 10.5. The minimum Gasteiger partial charge on any atom is -0.468 e. The van der Waals surface area contributed by atoms with E-state index in [9.17, 15) is 14.7 Å². The fourth-order valence-electron chi connectivity index (χ4n) is 5.05. The molecule has 0 bridgehead atoms. The highest BCUT2D eigenvalue weighted by Gasteiger charge is 2.76. The summed E-state index contributed by atoms with van der Waals surface area (Å²) in [5.41, 5.74) is 0.0527. The number of carbonyl (C=O) groups excluding carboxylic acids is 2. The van der Waals surface area contributed by atoms with Crippen molar-refractivity contribution in [2.24, 2.45) is 0 Å². The van der Waals surface area contributed by atoms with Gasteiger partial charge >= 0.3 is 11.9 Å². The largest absolute Gasteiger partial charge is 0.468 e. The van der Waals surface area contributed by atoms with Crippen molar-refractivity contribution in [3.05, 3.63) is 71.8 Å². The van der Waals surface area contributed by atoms with Crippen molar-refractivity contribution in [1.82, 2.24) is 4.90 Å². The number of aliphatic hydroxyl groups is 1. The third kappa shape index (κ3) is 3.33. The zero-order chi connectivity index (χ0) is 22.1. The van der Waals surface area contributed by atoms with Crippen molar-refractivity contribution in [3.8, 4) is 0 Å². The van der Waals surface area contributed by atoms with Crippen LogP contribution in [0.15, 0.2) is 60.7 Å². The fraction of sp³-hybridized carbons (Fsp3) is 0.417. The molecule has 2 saturated heterocycles. The SMILES string of the molecule is CCOC(=O)C12C(c3ccccc3)C(c3ccccc3)OC1(O)CCN2CC(=O)OC. The maximum Gasteiger partial charge on any atom is 0.332 e. The summed E-state index contributed by atoms with van der Waals surface area (Å²) < 4.78 is 16.7. The summed E-state index contributed by atoms with van der Waals surface area (Å²) in [7, 11) is 1.30. The molecule has 4 unspecified atom stereocenters. The molecule has 0 spiro atoms. The molecule has 2 aromatic rings. The molecule has 2 heterocycles. The van der Waals surface area contributed by atoms with E-state index in [4.69, 9.17) is 14.2 Å². The van der Waals surface area contributed by atoms with Gasteiger partial charge in [-0.2, -0.15) is 0 Å². The van der Waals surface area contributed by atoms with Gasteiger partial charge in [-0.1, -0.05) is 60.7 Å². The van der Waals surface area contributed by atoms with Crippen LogP contribution in [0.2, 0.25) is 0 Å². The van der Waals surface area contributed by atoms with Crippen molar-refractivity contribution in [3.63, 3.8) is 0 Å². The smallest absolute Gasteiger partial charge is 0.332 e. The summed E-state index contributed by atoms with van der Waals surface area (Å²) in [4.78, 5) is 27.5. The molecule has 2 aromatic carbocycles. The maximum absolute atomic E-state index is 13.6. The molecule has 7 heteroatoms. The van der Waals surface area contributed by atoms with Gasteiger partial charge in [0, 0.05) is 18.9 Å². The minimum absolute atomic E-state index is 0.139. The van der Waals surface area contributed by atoms with Crippen molar-refractivity contribution < 1.29 is 28.9 Å². The summed E-state index contributed by atoms with van der Waals surface area (Å²) in [6.07, 6.45) is -0.450. The zero-order valence-electron chi connectivity index (χ0n) is 17.7. The van der Waals surface area contributed by atoms with Crippen LogP contribution in [0.3, 0.4) is 0 Å². The number of fused-ring (bicyclic) bond motifs is 1. The van der Waals surface area contributed by atoms with Crippen molar-refractivity contribution in [1.29, 1.82) is 0 Å². The van der Waals surface area contributed by atoms with E-state index in [0.717, 1.165) is 11.1 Å². The van der Waals surface area contributed by atoms with Crippen molar-refractivity contribution in [2.75, 3.05) is 26.8 Å². The van der Waals surface area contributed by atoms with E-state index < -0.39 is 35.3 Å². The minimum atomic E-state index is -1.83. The summed E-state index contributed by atoms with van der Waals surface area (Å²) in [6.45, 7) is 1.98. The van der Waals surface area contributed by atoms with Gasteiger partial charge in [-0.15, -0.1) is 0 Å². The quantitative estimate of drug-likeness (QED) is 0.712. The molecular weight excluding hydrogens is 398 g/mol. The summed E-state index contributed by atoms with van der Waals surface area (Å²) in [5.74, 6) is -3.53. The third-order valence-electron chi connectivity index (χ3n) is 6.31. The second-order valence-electron chi connectivity index (χ2n) is 7.86. The topological polar surface area (TPSA) is 85.3 Å². The predicted molar refractivity (Wildman–Crippen MR) is 112 cm³/mol. The highest BCUT2D eigenvalue weighted by molar-refractivity contribution is 5.87. The Morgan fingerprint density at radius 3 is 2.29 bits per heavy atom. The first-order chi connectivity index (χ1) is 15.0. The Labute approximate surface area is 181 Å². The van der Waals surface area contributed by atoms with Gasteiger partial charge in [-0.05, 0) is 18.1 Å². The van der Waals surface area contributed by atoms with Crippen LogP contribution in [0.25, 0.3) is 0 Å². The number of rotatable bonds is 6. The molecular formula is C24H27NO6. The van der Waals surface area contributed by atoms with Crippen LogP contribution in [0.1, 0.15) is 36.5 Å². The number of nitrogens with zero attached hydrogens (tertiary/aromatic N) is 1. The van der Waals surface area contributed by atoms with Crippen LogP contribution < -0.4 is 0 Å². The van der Waals surface area contributed by atoms with Crippen LogP contribution in [0.4, 0.5) is 0 Å². The van der Waals surface area contributed by atoms with E-state index in [0.29, 0.717) is 0 Å². The lowest BCUT2D eigenvalue weighted by Crippen LogP contribution is -2.64. The molecule has 2 aliphatic heterocycles. The average Bonchev–Trinajstić information content (AvgIpc) is 3.23. The number of benzene rings is 2. The first kappa shape index (κ1) is 21.5. The van der Waals surface area contributed by atoms with Crippen LogP contribution in [-0.4, -0.2) is 60.1 Å². The number of hydrogen-bond acceptors (Lipinski definition) is 7. The average molecular weight is 425 g/mol. The Hall–Kier alpha value is -2.74. The normalized spacial score (nSPS) is 30.0. The Morgan fingerprint density at radius 2 is 1.71 bits per heavy atom. The second-order valence-corrected chi connectivity index (χ2v) is 7.86. The summed E-state index contributed by atoms with van der Waals surface area (Å²) >= 11 is 0. The van der Waals surface area contributed by atoms with Crippen molar-refractivity contribution in [2.45, 2.75) is 36.7 Å². The lowest BCUT2D eigenvalue weighted by atomic mass is 9.72. The molecule has 0 radical (unpaired) electrons. The van der Waals surface area contributed by atoms with Gasteiger partial charge in [0.05, 0.1) is 26.4 Å². The molecule has 7 nitrogen and oxygen atoms in total. The molecule has 4 rings (SSSR count). The van der Waals surface area contributed by atoms with Gasteiger partial charge in [0.2, 0.25) is 0 Å². The van der Waals surface area contributed by atoms with E-state index in [1.807, 2.05) is 60.7 Å². The van der Waals surface area contributed by atoms with Gasteiger partial charge < -0.3 is 19.3 Å². The predicted octanol–water partition coefficient (Wildman–Crippen LogP) is 2.41. The molecule has 0 saturated carbocycles. The highest BCUT2D eigenvalue weighted by Crippen LogP contribution is 2.61. The Balaban J connectivity index is 1.94. The maximum atomic E-state index is 13.6. The Morgan fingerprint density at radius 1 is 1.10 bits per heavy atom. The fourth-order valence-corrected chi connectivity index (χ4v) is 5.05. The molecule has 0 aromatic heterocycles. The lowest BCUT2D eigenvalue weighted by molar-refractivity contribution is -0.226. The van der Waals surface area contributed by atoms with Crippen molar-refractivity contribution >= 4 is 11.9 Å². The number of esters is 2. The summed E-state index contributed by atoms with van der Waals surface area (Å²) in [5, 5.41) is 11.8. The lowest BCUT2D eigenvalue weighted by Gasteiger charge is -2.42. The number of ether oxygens (including phenoxy) is 3. The van der Waals surface area contributed by atoms with Crippen LogP contribution in [0.5, 0.6) is 0 Å². The van der Waals surface area contributed by atoms with Gasteiger partial charge in [-0.3, -0.25) is 9.69 Å². The van der Waals surface area contributed by atoms with Crippen LogP contribution in [-0.2, 0) is 23.8 Å². The molecule has 0 amide bonds. The van der Waals surface area contributed by atoms with Gasteiger partial charge in [-0.25, -0.2) is 4.79 Å². The third-order valence-corrected chi connectivity index (χ3v) is 6.31. The monoisotopic (exact) mass is 425 g/mol. The molecule has 31 heavy (non-hydrogen) atoms. The molecule has 0 aliphatic carbocycles. The van der Waals surface area contributed by atoms with Crippen LogP contribution >= 0.6 is 0 Å². The van der Waals surface area contributed by atoms with Gasteiger partial charge in [0.25, 0.3) is 0 Å². The number of methoxy groups -OCH3 is 1. The number of likely N-dealkylation sites (tertiary alicyclic amines) is 1. The molecule has 2 fully saturated rings. The first-order valence-electron chi connectivity index (χ1n) is 10.5. The standard InChI is InChI=1S/C24H27NO6/c1-3-30-22(27)24-20(17-10-6-4-7-11-17)21(18-12-8-5-9-13-18)31-23(24,28)14-15-25(24)16-19(26)29-2/h4-13,20-21,28H,3,14-16H2,1-2H3. The zero-order valence-corrected chi connectivity index (χ0v) is 17.7. The Kier molecular flexibility index (Phi) is 5.83. The Bertz CT molecular complexity index is 936. The molecule has 164 valence electrons. The van der Waals surface area contributed by atoms with E-state index >= 15 is 0 Å². The molecule has 4 atom stereocenters.